The summed E-state index contributed by atoms with van der Waals surface area (Å²) >= 11 is 0. The van der Waals surface area contributed by atoms with E-state index in [-0.39, 0.29) is 16.7 Å². The Morgan fingerprint density at radius 2 is 1.78 bits per heavy atom. The van der Waals surface area contributed by atoms with Gasteiger partial charge in [-0.25, -0.2) is 0 Å². The first-order valence-electron chi connectivity index (χ1n) is 13.5. The number of rotatable bonds is 6. The Morgan fingerprint density at radius 3 is 2.44 bits per heavy atom. The smallest absolute Gasteiger partial charge is 0.225 e. The van der Waals surface area contributed by atoms with Crippen LogP contribution in [0.1, 0.15) is 84.5 Å². The zero-order valence-electron chi connectivity index (χ0n) is 22.3. The summed E-state index contributed by atoms with van der Waals surface area (Å²) in [7, 11) is 0. The number of carbonyl (C=O) groups is 1. The van der Waals surface area contributed by atoms with Crippen molar-refractivity contribution in [3.05, 3.63) is 63.8 Å². The van der Waals surface area contributed by atoms with Crippen molar-refractivity contribution in [1.82, 2.24) is 14.9 Å². The fraction of sp³-hybridized carbons (Fsp3) is 0.567. The molecular weight excluding hydrogens is 448 g/mol. The minimum absolute atomic E-state index is 0.0727. The summed E-state index contributed by atoms with van der Waals surface area (Å²) in [6, 6.07) is 8.40. The Balaban J connectivity index is 1.22. The normalized spacial score (nSPS) is 28.6. The largest absolute Gasteiger partial charge is 0.361 e. The van der Waals surface area contributed by atoms with Crippen LogP contribution in [0.4, 0.5) is 5.69 Å². The van der Waals surface area contributed by atoms with Gasteiger partial charge in [-0.1, -0.05) is 29.4 Å². The number of hydrogen-bond acceptors (Lipinski definition) is 4. The van der Waals surface area contributed by atoms with Crippen molar-refractivity contribution in [3.63, 3.8) is 0 Å². The van der Waals surface area contributed by atoms with Crippen LogP contribution in [0, 0.1) is 51.9 Å². The molecule has 4 bridgehead atoms. The van der Waals surface area contributed by atoms with E-state index in [4.69, 9.17) is 9.62 Å². The SMILES string of the molecule is Cc1ccccc1Cn1nc(C)c(NC(=O)CC23C[C@H]4C[C@H](C2)CC(c2c(C)noc2C)(C4)C3)c1C. The van der Waals surface area contributed by atoms with Gasteiger partial charge in [0.05, 0.1) is 29.3 Å². The molecule has 4 aliphatic carbocycles. The molecule has 2 heterocycles. The van der Waals surface area contributed by atoms with E-state index in [1.807, 2.05) is 11.6 Å². The third kappa shape index (κ3) is 3.80. The minimum atomic E-state index is 0.0727. The lowest BCUT2D eigenvalue weighted by Gasteiger charge is -2.62. The summed E-state index contributed by atoms with van der Waals surface area (Å²) in [4.78, 5) is 13.6. The van der Waals surface area contributed by atoms with Crippen LogP contribution in [-0.2, 0) is 16.8 Å². The van der Waals surface area contributed by atoms with E-state index in [9.17, 15) is 4.79 Å². The summed E-state index contributed by atoms with van der Waals surface area (Å²) in [6.45, 7) is 11.0. The quantitative estimate of drug-likeness (QED) is 0.442. The van der Waals surface area contributed by atoms with Crippen molar-refractivity contribution in [2.75, 3.05) is 5.32 Å². The van der Waals surface area contributed by atoms with E-state index in [0.717, 1.165) is 35.0 Å². The molecule has 4 fully saturated rings. The van der Waals surface area contributed by atoms with Gasteiger partial charge in [0.15, 0.2) is 0 Å². The topological polar surface area (TPSA) is 73.0 Å². The van der Waals surface area contributed by atoms with Gasteiger partial charge < -0.3 is 9.84 Å². The van der Waals surface area contributed by atoms with Crippen molar-refractivity contribution >= 4 is 11.6 Å². The van der Waals surface area contributed by atoms with Gasteiger partial charge in [-0.15, -0.1) is 0 Å². The Labute approximate surface area is 213 Å². The van der Waals surface area contributed by atoms with Gasteiger partial charge >= 0.3 is 0 Å². The molecule has 1 aromatic carbocycles. The predicted octanol–water partition coefficient (Wildman–Crippen LogP) is 6.33. The fourth-order valence-electron chi connectivity index (χ4n) is 8.70. The molecule has 1 amide bonds. The first kappa shape index (κ1) is 23.5. The molecule has 7 rings (SSSR count). The number of amides is 1. The third-order valence-electron chi connectivity index (χ3n) is 9.51. The molecule has 190 valence electrons. The van der Waals surface area contributed by atoms with Gasteiger partial charge in [0.25, 0.3) is 0 Å². The summed E-state index contributed by atoms with van der Waals surface area (Å²) < 4.78 is 7.64. The van der Waals surface area contributed by atoms with Crippen molar-refractivity contribution in [1.29, 1.82) is 0 Å². The Morgan fingerprint density at radius 1 is 1.06 bits per heavy atom. The van der Waals surface area contributed by atoms with Crippen LogP contribution in [0.5, 0.6) is 0 Å². The van der Waals surface area contributed by atoms with Crippen molar-refractivity contribution in [3.8, 4) is 0 Å². The molecule has 2 aromatic heterocycles. The van der Waals surface area contributed by atoms with Gasteiger partial charge in [0, 0.05) is 17.4 Å². The second-order valence-corrected chi connectivity index (χ2v) is 12.3. The minimum Gasteiger partial charge on any atom is -0.361 e. The van der Waals surface area contributed by atoms with E-state index < -0.39 is 0 Å². The van der Waals surface area contributed by atoms with Gasteiger partial charge in [-0.2, -0.15) is 5.10 Å². The van der Waals surface area contributed by atoms with E-state index in [1.54, 1.807) is 0 Å². The molecule has 0 unspecified atom stereocenters. The first-order chi connectivity index (χ1) is 17.2. The number of nitrogens with zero attached hydrogens (tertiary/aromatic N) is 3. The zero-order valence-corrected chi connectivity index (χ0v) is 22.3. The highest BCUT2D eigenvalue weighted by atomic mass is 16.5. The van der Waals surface area contributed by atoms with Crippen molar-refractivity contribution in [2.24, 2.45) is 17.3 Å². The van der Waals surface area contributed by atoms with E-state index in [0.29, 0.717) is 24.8 Å². The van der Waals surface area contributed by atoms with Gasteiger partial charge in [-0.3, -0.25) is 9.48 Å². The third-order valence-corrected chi connectivity index (χ3v) is 9.51. The maximum atomic E-state index is 13.6. The molecule has 0 saturated heterocycles. The number of nitrogens with one attached hydrogen (secondary N) is 1. The maximum absolute atomic E-state index is 13.6. The summed E-state index contributed by atoms with van der Waals surface area (Å²) in [5.41, 5.74) is 7.86. The van der Waals surface area contributed by atoms with Crippen LogP contribution in [0.15, 0.2) is 28.8 Å². The fourth-order valence-corrected chi connectivity index (χ4v) is 8.70. The maximum Gasteiger partial charge on any atom is 0.225 e. The lowest BCUT2D eigenvalue weighted by atomic mass is 9.42. The monoisotopic (exact) mass is 486 g/mol. The molecule has 6 heteroatoms. The molecule has 1 N–H and O–H groups in total. The second kappa shape index (κ2) is 8.32. The molecule has 3 aromatic rings. The highest BCUT2D eigenvalue weighted by Crippen LogP contribution is 2.67. The number of aryl methyl sites for hydroxylation is 4. The molecular formula is C30H38N4O2. The van der Waals surface area contributed by atoms with Crippen LogP contribution >= 0.6 is 0 Å². The van der Waals surface area contributed by atoms with E-state index in [1.165, 1.54) is 48.8 Å². The molecule has 0 aliphatic heterocycles. The summed E-state index contributed by atoms with van der Waals surface area (Å²) in [6.07, 6.45) is 7.78. The average Bonchev–Trinajstić information content (AvgIpc) is 3.27. The zero-order chi connectivity index (χ0) is 25.2. The Kier molecular flexibility index (Phi) is 5.43. The molecule has 4 aliphatic rings. The molecule has 2 atom stereocenters. The van der Waals surface area contributed by atoms with Crippen LogP contribution < -0.4 is 5.32 Å². The van der Waals surface area contributed by atoms with Gasteiger partial charge in [0.2, 0.25) is 5.91 Å². The lowest BCUT2D eigenvalue weighted by Crippen LogP contribution is -2.55. The summed E-state index contributed by atoms with van der Waals surface area (Å²) in [5, 5.41) is 12.4. The number of hydrogen-bond donors (Lipinski definition) is 1. The van der Waals surface area contributed by atoms with Gasteiger partial charge in [0.1, 0.15) is 5.76 Å². The second-order valence-electron chi connectivity index (χ2n) is 12.3. The Bertz CT molecular complexity index is 1300. The lowest BCUT2D eigenvalue weighted by molar-refractivity contribution is -0.126. The molecule has 0 radical (unpaired) electrons. The number of carbonyl (C=O) groups excluding carboxylic acids is 1. The molecule has 6 nitrogen and oxygen atoms in total. The van der Waals surface area contributed by atoms with Crippen LogP contribution in [-0.4, -0.2) is 20.8 Å². The van der Waals surface area contributed by atoms with E-state index in [2.05, 4.69) is 62.4 Å². The first-order valence-corrected chi connectivity index (χ1v) is 13.5. The van der Waals surface area contributed by atoms with E-state index >= 15 is 0 Å². The molecule has 0 spiro atoms. The van der Waals surface area contributed by atoms with Crippen LogP contribution in [0.2, 0.25) is 0 Å². The van der Waals surface area contributed by atoms with Crippen molar-refractivity contribution < 1.29 is 9.32 Å². The highest BCUT2D eigenvalue weighted by Gasteiger charge is 2.59. The molecule has 4 saturated carbocycles. The Hall–Kier alpha value is -2.89. The number of anilines is 1. The predicted molar refractivity (Wildman–Crippen MR) is 140 cm³/mol. The van der Waals surface area contributed by atoms with Crippen molar-refractivity contribution in [2.45, 2.75) is 91.5 Å². The number of benzene rings is 1. The van der Waals surface area contributed by atoms with Crippen LogP contribution in [0.25, 0.3) is 0 Å². The number of aromatic nitrogens is 3. The highest BCUT2D eigenvalue weighted by molar-refractivity contribution is 5.92. The van der Waals surface area contributed by atoms with Crippen LogP contribution in [0.3, 0.4) is 0 Å². The summed E-state index contributed by atoms with van der Waals surface area (Å²) in [5.74, 6) is 2.51. The van der Waals surface area contributed by atoms with Gasteiger partial charge in [-0.05, 0) is 102 Å². The average molecular weight is 487 g/mol. The standard InChI is InChI=1S/C30H38N4O2/c1-18-8-6-7-9-25(18)16-34-21(4)28(20(3)32-34)31-26(35)15-29-11-23-10-24(12-29)14-30(13-23,17-29)27-19(2)33-36-22(27)5/h6-9,23-24H,10-17H2,1-5H3,(H,31,35)/t23-,24-,29?,30?/m1/s1. The molecule has 36 heavy (non-hydrogen) atoms.